The lowest BCUT2D eigenvalue weighted by Gasteiger charge is -2.25. The summed E-state index contributed by atoms with van der Waals surface area (Å²) in [6.45, 7) is 5.25. The third-order valence-corrected chi connectivity index (χ3v) is 6.66. The van der Waals surface area contributed by atoms with Gasteiger partial charge in [-0.3, -0.25) is 4.79 Å². The van der Waals surface area contributed by atoms with Gasteiger partial charge in [0.25, 0.3) is 16.1 Å². The Hall–Kier alpha value is -2.31. The molecule has 27 heavy (non-hydrogen) atoms. The van der Waals surface area contributed by atoms with Crippen LogP contribution >= 0.6 is 0 Å². The second-order valence-corrected chi connectivity index (χ2v) is 8.32. The van der Waals surface area contributed by atoms with Crippen LogP contribution in [0.5, 0.6) is 0 Å². The standard InChI is InChI=1S/C15H23N7O4S/c1-4-20(3)27(24,25)22-6-5-14-17-13(10-21(14)7-8-22)15(23)16-9-12-11(2)18-26-19-12/h10H,4-9H2,1-3H3,(H,16,23). The predicted molar refractivity (Wildman–Crippen MR) is 94.9 cm³/mol. The van der Waals surface area contributed by atoms with Gasteiger partial charge < -0.3 is 9.88 Å². The molecule has 0 unspecified atom stereocenters. The molecule has 0 saturated carbocycles. The first-order valence-corrected chi connectivity index (χ1v) is 10.1. The summed E-state index contributed by atoms with van der Waals surface area (Å²) >= 11 is 0. The monoisotopic (exact) mass is 397 g/mol. The number of nitrogens with one attached hydrogen (secondary N) is 1. The molecule has 1 amide bonds. The van der Waals surface area contributed by atoms with Crippen LogP contribution in [0.2, 0.25) is 0 Å². The molecular weight excluding hydrogens is 374 g/mol. The zero-order valence-electron chi connectivity index (χ0n) is 15.5. The average Bonchev–Trinajstić information content (AvgIpc) is 3.19. The van der Waals surface area contributed by atoms with Crippen molar-refractivity contribution in [2.24, 2.45) is 0 Å². The van der Waals surface area contributed by atoms with E-state index in [9.17, 15) is 13.2 Å². The Morgan fingerprint density at radius 1 is 1.33 bits per heavy atom. The predicted octanol–water partition coefficient (Wildman–Crippen LogP) is -0.441. The number of imidazole rings is 1. The molecule has 0 bridgehead atoms. The van der Waals surface area contributed by atoms with E-state index < -0.39 is 10.2 Å². The van der Waals surface area contributed by atoms with Crippen molar-refractivity contribution in [2.45, 2.75) is 33.4 Å². The third kappa shape index (κ3) is 4.01. The first-order valence-electron chi connectivity index (χ1n) is 8.66. The Kier molecular flexibility index (Phi) is 5.58. The van der Waals surface area contributed by atoms with Crippen molar-refractivity contribution < 1.29 is 17.8 Å². The molecule has 0 atom stereocenters. The molecule has 3 rings (SSSR count). The highest BCUT2D eigenvalue weighted by molar-refractivity contribution is 7.86. The van der Waals surface area contributed by atoms with Gasteiger partial charge in [-0.1, -0.05) is 17.2 Å². The van der Waals surface area contributed by atoms with Gasteiger partial charge in [0, 0.05) is 45.8 Å². The first kappa shape index (κ1) is 19.5. The Labute approximate surface area is 157 Å². The largest absolute Gasteiger partial charge is 0.345 e. The summed E-state index contributed by atoms with van der Waals surface area (Å²) in [5.74, 6) is 0.365. The molecule has 11 nitrogen and oxygen atoms in total. The summed E-state index contributed by atoms with van der Waals surface area (Å²) in [6.07, 6.45) is 2.09. The smallest absolute Gasteiger partial charge is 0.281 e. The maximum Gasteiger partial charge on any atom is 0.281 e. The summed E-state index contributed by atoms with van der Waals surface area (Å²) < 4.78 is 34.2. The molecule has 0 aromatic carbocycles. The normalized spacial score (nSPS) is 15.6. The second kappa shape index (κ2) is 7.74. The summed E-state index contributed by atoms with van der Waals surface area (Å²) in [7, 11) is -1.91. The Morgan fingerprint density at radius 3 is 2.78 bits per heavy atom. The Morgan fingerprint density at radius 2 is 2.11 bits per heavy atom. The van der Waals surface area contributed by atoms with E-state index in [1.807, 2.05) is 4.57 Å². The number of fused-ring (bicyclic) bond motifs is 1. The van der Waals surface area contributed by atoms with Crippen LogP contribution in [0.25, 0.3) is 0 Å². The highest BCUT2D eigenvalue weighted by Crippen LogP contribution is 2.14. The molecule has 12 heteroatoms. The van der Waals surface area contributed by atoms with Gasteiger partial charge in [-0.15, -0.1) is 0 Å². The number of aromatic nitrogens is 4. The molecule has 0 aliphatic carbocycles. The number of hydrogen-bond acceptors (Lipinski definition) is 7. The fraction of sp³-hybridized carbons (Fsp3) is 0.600. The number of hydrogen-bond donors (Lipinski definition) is 1. The SMILES string of the molecule is CCN(C)S(=O)(=O)N1CCc2nc(C(=O)NCc3nonc3C)cn2CC1. The number of carbonyl (C=O) groups excluding carboxylic acids is 1. The van der Waals surface area contributed by atoms with Crippen molar-refractivity contribution in [3.05, 3.63) is 29.1 Å². The van der Waals surface area contributed by atoms with Crippen LogP contribution in [0.3, 0.4) is 0 Å². The van der Waals surface area contributed by atoms with Gasteiger partial charge in [0.2, 0.25) is 0 Å². The summed E-state index contributed by atoms with van der Waals surface area (Å²) in [4.78, 5) is 16.7. The summed E-state index contributed by atoms with van der Waals surface area (Å²) in [5.41, 5.74) is 1.47. The fourth-order valence-electron chi connectivity index (χ4n) is 2.77. The molecule has 1 N–H and O–H groups in total. The molecule has 1 aliphatic heterocycles. The topological polar surface area (TPSA) is 126 Å². The molecule has 0 saturated heterocycles. The lowest BCUT2D eigenvalue weighted by molar-refractivity contribution is 0.0945. The molecule has 148 valence electrons. The maximum atomic E-state index is 12.5. The van der Waals surface area contributed by atoms with E-state index >= 15 is 0 Å². The third-order valence-electron chi connectivity index (χ3n) is 4.60. The van der Waals surface area contributed by atoms with Crippen molar-refractivity contribution in [3.8, 4) is 0 Å². The molecular formula is C15H23N7O4S. The lowest BCUT2D eigenvalue weighted by atomic mass is 10.3. The van der Waals surface area contributed by atoms with Gasteiger partial charge in [0.15, 0.2) is 0 Å². The van der Waals surface area contributed by atoms with Crippen molar-refractivity contribution >= 4 is 16.1 Å². The van der Waals surface area contributed by atoms with E-state index in [0.717, 1.165) is 0 Å². The lowest BCUT2D eigenvalue weighted by Crippen LogP contribution is -2.43. The van der Waals surface area contributed by atoms with Crippen molar-refractivity contribution in [1.82, 2.24) is 33.8 Å². The number of aryl methyl sites for hydroxylation is 1. The zero-order valence-corrected chi connectivity index (χ0v) is 16.4. The van der Waals surface area contributed by atoms with E-state index in [0.29, 0.717) is 55.5 Å². The summed E-state index contributed by atoms with van der Waals surface area (Å²) in [6, 6.07) is 0. The summed E-state index contributed by atoms with van der Waals surface area (Å²) in [5, 5.41) is 10.1. The van der Waals surface area contributed by atoms with Gasteiger partial charge in [-0.2, -0.15) is 17.0 Å². The van der Waals surface area contributed by atoms with E-state index in [4.69, 9.17) is 0 Å². The van der Waals surface area contributed by atoms with Gasteiger partial charge in [-0.25, -0.2) is 9.61 Å². The van der Waals surface area contributed by atoms with Crippen molar-refractivity contribution in [1.29, 1.82) is 0 Å². The molecule has 0 fully saturated rings. The highest BCUT2D eigenvalue weighted by atomic mass is 32.2. The number of nitrogens with zero attached hydrogens (tertiary/aromatic N) is 6. The maximum absolute atomic E-state index is 12.5. The second-order valence-electron chi connectivity index (χ2n) is 6.29. The van der Waals surface area contributed by atoms with Gasteiger partial charge in [0.05, 0.1) is 6.54 Å². The van der Waals surface area contributed by atoms with E-state index in [2.05, 4.69) is 25.2 Å². The molecule has 0 radical (unpaired) electrons. The minimum Gasteiger partial charge on any atom is -0.345 e. The Balaban J connectivity index is 1.65. The average molecular weight is 397 g/mol. The zero-order chi connectivity index (χ0) is 19.6. The van der Waals surface area contributed by atoms with Crippen LogP contribution in [-0.4, -0.2) is 69.5 Å². The van der Waals surface area contributed by atoms with Crippen LogP contribution < -0.4 is 5.32 Å². The molecule has 3 heterocycles. The van der Waals surface area contributed by atoms with Crippen LogP contribution in [0, 0.1) is 6.92 Å². The van der Waals surface area contributed by atoms with E-state index in [1.165, 1.54) is 8.61 Å². The van der Waals surface area contributed by atoms with Gasteiger partial charge in [0.1, 0.15) is 22.9 Å². The van der Waals surface area contributed by atoms with Crippen LogP contribution in [0.4, 0.5) is 0 Å². The van der Waals surface area contributed by atoms with Crippen molar-refractivity contribution in [3.63, 3.8) is 0 Å². The van der Waals surface area contributed by atoms with Gasteiger partial charge in [-0.05, 0) is 6.92 Å². The van der Waals surface area contributed by atoms with Crippen LogP contribution in [0.1, 0.15) is 34.6 Å². The van der Waals surface area contributed by atoms with E-state index in [1.54, 1.807) is 27.1 Å². The van der Waals surface area contributed by atoms with Crippen LogP contribution in [0.15, 0.2) is 10.8 Å². The minimum absolute atomic E-state index is 0.200. The molecule has 1 aliphatic rings. The number of carbonyl (C=O) groups is 1. The highest BCUT2D eigenvalue weighted by Gasteiger charge is 2.28. The van der Waals surface area contributed by atoms with Crippen molar-refractivity contribution in [2.75, 3.05) is 26.7 Å². The number of rotatable bonds is 6. The van der Waals surface area contributed by atoms with Crippen LogP contribution in [-0.2, 0) is 29.7 Å². The van der Waals surface area contributed by atoms with E-state index in [-0.39, 0.29) is 12.5 Å². The Bertz CT molecular complexity index is 895. The van der Waals surface area contributed by atoms with Gasteiger partial charge >= 0.3 is 0 Å². The minimum atomic E-state index is -3.47. The molecule has 0 spiro atoms. The first-order chi connectivity index (χ1) is 12.8. The fourth-order valence-corrected chi connectivity index (χ4v) is 4.12. The molecule has 2 aromatic heterocycles. The number of amides is 1. The quantitative estimate of drug-likeness (QED) is 0.700. The molecule has 2 aromatic rings.